The minimum absolute atomic E-state index is 0.623. The smallest absolute Gasteiger partial charge is 0.171 e. The molecule has 0 saturated heterocycles. The van der Waals surface area contributed by atoms with Crippen LogP contribution in [0, 0.1) is 0 Å². The van der Waals surface area contributed by atoms with Crippen LogP contribution in [0.15, 0.2) is 36.5 Å². The Morgan fingerprint density at radius 2 is 2.00 bits per heavy atom. The number of rotatable bonds is 6. The second kappa shape index (κ2) is 7.78. The molecule has 0 amide bonds. The number of benzene rings is 1. The van der Waals surface area contributed by atoms with E-state index < -0.39 is 0 Å². The van der Waals surface area contributed by atoms with Crippen molar-refractivity contribution in [2.75, 3.05) is 5.32 Å². The van der Waals surface area contributed by atoms with E-state index in [-0.39, 0.29) is 0 Å². The lowest BCUT2D eigenvalue weighted by molar-refractivity contribution is 0.695. The van der Waals surface area contributed by atoms with Crippen LogP contribution < -0.4 is 10.6 Å². The van der Waals surface area contributed by atoms with Gasteiger partial charge in [-0.2, -0.15) is 5.10 Å². The summed E-state index contributed by atoms with van der Waals surface area (Å²) >= 11 is 5.30. The van der Waals surface area contributed by atoms with Crippen LogP contribution in [0.5, 0.6) is 0 Å². The van der Waals surface area contributed by atoms with Gasteiger partial charge in [0.15, 0.2) is 5.11 Å². The molecule has 112 valence electrons. The fraction of sp³-hybridized carbons (Fsp3) is 0.375. The number of aryl methyl sites for hydroxylation is 2. The van der Waals surface area contributed by atoms with Crippen molar-refractivity contribution in [3.05, 3.63) is 47.8 Å². The van der Waals surface area contributed by atoms with Crippen molar-refractivity contribution in [3.8, 4) is 0 Å². The first kappa shape index (κ1) is 15.5. The highest BCUT2D eigenvalue weighted by Crippen LogP contribution is 2.11. The second-order valence-corrected chi connectivity index (χ2v) is 5.46. The highest BCUT2D eigenvalue weighted by molar-refractivity contribution is 7.80. The molecule has 2 N–H and O–H groups in total. The third kappa shape index (κ3) is 4.86. The van der Waals surface area contributed by atoms with E-state index in [9.17, 15) is 0 Å². The number of hydrogen-bond acceptors (Lipinski definition) is 2. The molecule has 0 radical (unpaired) electrons. The maximum absolute atomic E-state index is 5.30. The fourth-order valence-electron chi connectivity index (χ4n) is 2.06. The predicted octanol–water partition coefficient (Wildman–Crippen LogP) is 3.25. The maximum atomic E-state index is 5.30. The van der Waals surface area contributed by atoms with Crippen molar-refractivity contribution in [1.29, 1.82) is 0 Å². The summed E-state index contributed by atoms with van der Waals surface area (Å²) in [7, 11) is 1.92. The number of unbranched alkanes of at least 4 members (excludes halogenated alkanes) is 1. The molecule has 0 aliphatic carbocycles. The predicted molar refractivity (Wildman–Crippen MR) is 91.3 cm³/mol. The Bertz CT molecular complexity index is 574. The van der Waals surface area contributed by atoms with Gasteiger partial charge in [0.05, 0.1) is 12.2 Å². The van der Waals surface area contributed by atoms with E-state index in [2.05, 4.69) is 46.9 Å². The third-order valence-corrected chi connectivity index (χ3v) is 3.63. The summed E-state index contributed by atoms with van der Waals surface area (Å²) in [5.74, 6) is 0. The van der Waals surface area contributed by atoms with Gasteiger partial charge >= 0.3 is 0 Å². The minimum atomic E-state index is 0.623. The first-order valence-corrected chi connectivity index (χ1v) is 7.70. The van der Waals surface area contributed by atoms with Gasteiger partial charge in [0.1, 0.15) is 0 Å². The number of hydrogen-bond donors (Lipinski definition) is 2. The summed E-state index contributed by atoms with van der Waals surface area (Å²) in [5.41, 5.74) is 3.47. The largest absolute Gasteiger partial charge is 0.357 e. The molecule has 0 unspecified atom stereocenters. The number of anilines is 1. The molecule has 4 nitrogen and oxygen atoms in total. The number of nitrogens with zero attached hydrogens (tertiary/aromatic N) is 2. The molecule has 0 spiro atoms. The average molecular weight is 302 g/mol. The van der Waals surface area contributed by atoms with Gasteiger partial charge in [-0.05, 0) is 48.8 Å². The summed E-state index contributed by atoms with van der Waals surface area (Å²) in [5, 5.41) is 11.1. The van der Waals surface area contributed by atoms with E-state index in [1.807, 2.05) is 17.8 Å². The van der Waals surface area contributed by atoms with Crippen molar-refractivity contribution in [1.82, 2.24) is 15.1 Å². The molecule has 1 aromatic carbocycles. The third-order valence-electron chi connectivity index (χ3n) is 3.38. The lowest BCUT2D eigenvalue weighted by atomic mass is 10.1. The van der Waals surface area contributed by atoms with Crippen molar-refractivity contribution in [2.45, 2.75) is 32.7 Å². The number of thiocarbonyl (C=S) groups is 1. The molecule has 1 heterocycles. The summed E-state index contributed by atoms with van der Waals surface area (Å²) in [6, 6.07) is 10.4. The molecule has 5 heteroatoms. The van der Waals surface area contributed by atoms with Gasteiger partial charge in [-0.1, -0.05) is 25.5 Å². The molecule has 2 aromatic rings. The normalized spacial score (nSPS) is 10.4. The van der Waals surface area contributed by atoms with Crippen LogP contribution in [0.25, 0.3) is 0 Å². The first-order valence-electron chi connectivity index (χ1n) is 7.29. The van der Waals surface area contributed by atoms with Gasteiger partial charge in [-0.3, -0.25) is 4.68 Å². The second-order valence-electron chi connectivity index (χ2n) is 5.05. The molecular formula is C16H22N4S. The molecule has 0 saturated carbocycles. The molecule has 21 heavy (non-hydrogen) atoms. The zero-order chi connectivity index (χ0) is 15.1. The zero-order valence-corrected chi connectivity index (χ0v) is 13.4. The van der Waals surface area contributed by atoms with E-state index in [4.69, 9.17) is 12.2 Å². The van der Waals surface area contributed by atoms with Gasteiger partial charge in [-0.15, -0.1) is 0 Å². The van der Waals surface area contributed by atoms with Crippen molar-refractivity contribution in [2.24, 2.45) is 7.05 Å². The van der Waals surface area contributed by atoms with E-state index in [0.717, 1.165) is 17.8 Å². The standard InChI is InChI=1S/C16H22N4S/c1-3-4-5-13-6-8-14(9-7-13)19-16(21)17-12-15-10-11-18-20(15)2/h6-11H,3-5,12H2,1-2H3,(H2,17,19,21). The summed E-state index contributed by atoms with van der Waals surface area (Å²) in [6.07, 6.45) is 5.38. The zero-order valence-electron chi connectivity index (χ0n) is 12.6. The monoisotopic (exact) mass is 302 g/mol. The lowest BCUT2D eigenvalue weighted by Gasteiger charge is -2.11. The Kier molecular flexibility index (Phi) is 5.75. The Hall–Kier alpha value is -1.88. The van der Waals surface area contributed by atoms with Gasteiger partial charge in [-0.25, -0.2) is 0 Å². The molecule has 0 atom stereocenters. The average Bonchev–Trinajstić information content (AvgIpc) is 2.90. The van der Waals surface area contributed by atoms with Crippen molar-refractivity contribution < 1.29 is 0 Å². The molecule has 0 bridgehead atoms. The molecule has 0 aliphatic heterocycles. The van der Waals surface area contributed by atoms with Crippen molar-refractivity contribution in [3.63, 3.8) is 0 Å². The molecule has 0 fully saturated rings. The SMILES string of the molecule is CCCCc1ccc(NC(=S)NCc2ccnn2C)cc1. The molecule has 0 aliphatic rings. The molecule has 1 aromatic heterocycles. The van der Waals surface area contributed by atoms with Crippen molar-refractivity contribution >= 4 is 23.0 Å². The Morgan fingerprint density at radius 1 is 1.24 bits per heavy atom. The lowest BCUT2D eigenvalue weighted by Crippen LogP contribution is -2.28. The van der Waals surface area contributed by atoms with Crippen LogP contribution in [0.2, 0.25) is 0 Å². The highest BCUT2D eigenvalue weighted by atomic mass is 32.1. The van der Waals surface area contributed by atoms with E-state index in [0.29, 0.717) is 11.7 Å². The van der Waals surface area contributed by atoms with Crippen LogP contribution in [-0.2, 0) is 20.0 Å². The summed E-state index contributed by atoms with van der Waals surface area (Å²) < 4.78 is 1.83. The Balaban J connectivity index is 1.81. The fourth-order valence-corrected chi connectivity index (χ4v) is 2.25. The Labute approximate surface area is 131 Å². The number of nitrogens with one attached hydrogen (secondary N) is 2. The summed E-state index contributed by atoms with van der Waals surface area (Å²) in [6.45, 7) is 2.87. The topological polar surface area (TPSA) is 41.9 Å². The first-order chi connectivity index (χ1) is 10.2. The number of aromatic nitrogens is 2. The highest BCUT2D eigenvalue weighted by Gasteiger charge is 2.01. The summed E-state index contributed by atoms with van der Waals surface area (Å²) in [4.78, 5) is 0. The van der Waals surface area contributed by atoms with Crippen LogP contribution >= 0.6 is 12.2 Å². The quantitative estimate of drug-likeness (QED) is 0.804. The Morgan fingerprint density at radius 3 is 2.62 bits per heavy atom. The van der Waals surface area contributed by atoms with Crippen LogP contribution in [0.1, 0.15) is 31.0 Å². The van der Waals surface area contributed by atoms with E-state index in [1.54, 1.807) is 6.20 Å². The van der Waals surface area contributed by atoms with E-state index >= 15 is 0 Å². The van der Waals surface area contributed by atoms with Crippen LogP contribution in [0.3, 0.4) is 0 Å². The molecular weight excluding hydrogens is 280 g/mol. The van der Waals surface area contributed by atoms with Crippen LogP contribution in [-0.4, -0.2) is 14.9 Å². The van der Waals surface area contributed by atoms with Gasteiger partial charge in [0.2, 0.25) is 0 Å². The van der Waals surface area contributed by atoms with E-state index in [1.165, 1.54) is 18.4 Å². The van der Waals surface area contributed by atoms with Gasteiger partial charge in [0, 0.05) is 18.9 Å². The van der Waals surface area contributed by atoms with Crippen LogP contribution in [0.4, 0.5) is 5.69 Å². The van der Waals surface area contributed by atoms with Gasteiger partial charge < -0.3 is 10.6 Å². The molecule has 2 rings (SSSR count). The van der Waals surface area contributed by atoms with Gasteiger partial charge in [0.25, 0.3) is 0 Å². The maximum Gasteiger partial charge on any atom is 0.171 e. The minimum Gasteiger partial charge on any atom is -0.357 e.